The second-order valence-electron chi connectivity index (χ2n) is 8.65. The normalized spacial score (nSPS) is 17.4. The fraction of sp³-hybridized carbons (Fsp3) is 0.478. The average Bonchev–Trinajstić information content (AvgIpc) is 3.11. The minimum absolute atomic E-state index is 0.0375. The van der Waals surface area contributed by atoms with E-state index in [1.165, 1.54) is 6.20 Å². The van der Waals surface area contributed by atoms with Crippen molar-refractivity contribution in [2.24, 2.45) is 5.92 Å². The molecule has 2 aromatic rings. The number of fused-ring (bicyclic) bond motifs is 1. The van der Waals surface area contributed by atoms with Crippen LogP contribution in [0.15, 0.2) is 30.6 Å². The molecule has 3 heterocycles. The second kappa shape index (κ2) is 8.80. The predicted molar refractivity (Wildman–Crippen MR) is 115 cm³/mol. The molecule has 2 aliphatic rings. The van der Waals surface area contributed by atoms with E-state index in [9.17, 15) is 10.1 Å². The Balaban J connectivity index is 1.22. The van der Waals surface area contributed by atoms with Crippen LogP contribution in [0.1, 0.15) is 37.9 Å². The molecule has 0 bridgehead atoms. The molecule has 0 unspecified atom stereocenters. The quantitative estimate of drug-likeness (QED) is 0.765. The van der Waals surface area contributed by atoms with Gasteiger partial charge in [0.25, 0.3) is 5.91 Å². The number of rotatable bonds is 6. The van der Waals surface area contributed by atoms with Crippen LogP contribution >= 0.6 is 0 Å². The molecule has 1 fully saturated rings. The van der Waals surface area contributed by atoms with E-state index in [1.807, 2.05) is 32.0 Å². The summed E-state index contributed by atoms with van der Waals surface area (Å²) in [5.74, 6) is 2.24. The van der Waals surface area contributed by atoms with Crippen LogP contribution in [0.3, 0.4) is 0 Å². The lowest BCUT2D eigenvalue weighted by molar-refractivity contribution is -0.123. The van der Waals surface area contributed by atoms with E-state index in [0.29, 0.717) is 29.7 Å². The van der Waals surface area contributed by atoms with Gasteiger partial charge in [0.05, 0.1) is 0 Å². The van der Waals surface area contributed by atoms with Crippen molar-refractivity contribution >= 4 is 11.7 Å². The molecule has 8 nitrogen and oxygen atoms in total. The molecule has 1 aromatic heterocycles. The fourth-order valence-electron chi connectivity index (χ4n) is 4.14. The van der Waals surface area contributed by atoms with E-state index in [4.69, 9.17) is 9.47 Å². The van der Waals surface area contributed by atoms with Gasteiger partial charge in [-0.15, -0.1) is 0 Å². The number of nitrogens with zero attached hydrogens (tertiary/aromatic N) is 4. The van der Waals surface area contributed by atoms with Crippen LogP contribution in [0, 0.1) is 17.2 Å². The first-order chi connectivity index (χ1) is 14.9. The zero-order chi connectivity index (χ0) is 21.8. The molecule has 0 aliphatic carbocycles. The Labute approximate surface area is 182 Å². The summed E-state index contributed by atoms with van der Waals surface area (Å²) in [6.07, 6.45) is 5.80. The highest BCUT2D eigenvalue weighted by atomic mass is 16.5. The van der Waals surface area contributed by atoms with Crippen molar-refractivity contribution in [2.75, 3.05) is 31.1 Å². The van der Waals surface area contributed by atoms with Gasteiger partial charge < -0.3 is 19.7 Å². The van der Waals surface area contributed by atoms with Crippen molar-refractivity contribution in [1.29, 1.82) is 5.26 Å². The van der Waals surface area contributed by atoms with Gasteiger partial charge >= 0.3 is 0 Å². The zero-order valence-electron chi connectivity index (χ0n) is 17.9. The van der Waals surface area contributed by atoms with Gasteiger partial charge in [0.1, 0.15) is 11.7 Å². The second-order valence-corrected chi connectivity index (χ2v) is 8.65. The number of aromatic nitrogens is 2. The number of nitriles is 1. The van der Waals surface area contributed by atoms with Gasteiger partial charge in [-0.05, 0) is 38.7 Å². The van der Waals surface area contributed by atoms with E-state index in [2.05, 4.69) is 26.3 Å². The number of amides is 1. The number of hydrogen-bond acceptors (Lipinski definition) is 7. The fourth-order valence-corrected chi connectivity index (χ4v) is 4.14. The Morgan fingerprint density at radius 3 is 2.87 bits per heavy atom. The molecular formula is C23H27N5O3. The van der Waals surface area contributed by atoms with Crippen molar-refractivity contribution < 1.29 is 14.3 Å². The summed E-state index contributed by atoms with van der Waals surface area (Å²) in [5.41, 5.74) is 1.21. The summed E-state index contributed by atoms with van der Waals surface area (Å²) >= 11 is 0. The minimum Gasteiger partial charge on any atom is -0.483 e. The van der Waals surface area contributed by atoms with E-state index in [0.717, 1.165) is 43.7 Å². The standard InChI is InChI=1S/C23H27N5O3/c1-23(2)12-17-4-3-5-19(21(17)31-23)30-15-20(29)27-14-16-6-10-28(11-7-16)22-18(13-24)25-8-9-26-22/h3-5,8-9,16H,6-7,10-12,14-15H2,1-2H3,(H,27,29). The molecule has 0 atom stereocenters. The molecular weight excluding hydrogens is 394 g/mol. The highest BCUT2D eigenvalue weighted by Gasteiger charge is 2.32. The van der Waals surface area contributed by atoms with Gasteiger partial charge in [-0.2, -0.15) is 5.26 Å². The molecule has 2 aliphatic heterocycles. The Morgan fingerprint density at radius 1 is 1.32 bits per heavy atom. The number of anilines is 1. The van der Waals surface area contributed by atoms with Crippen molar-refractivity contribution in [1.82, 2.24) is 15.3 Å². The van der Waals surface area contributed by atoms with Crippen molar-refractivity contribution in [3.63, 3.8) is 0 Å². The lowest BCUT2D eigenvalue weighted by Gasteiger charge is -2.32. The summed E-state index contributed by atoms with van der Waals surface area (Å²) in [7, 11) is 0. The lowest BCUT2D eigenvalue weighted by Crippen LogP contribution is -2.40. The molecule has 1 saturated heterocycles. The summed E-state index contributed by atoms with van der Waals surface area (Å²) < 4.78 is 11.7. The van der Waals surface area contributed by atoms with Crippen LogP contribution in [0.4, 0.5) is 5.82 Å². The van der Waals surface area contributed by atoms with E-state index in [1.54, 1.807) is 6.20 Å². The molecule has 0 radical (unpaired) electrons. The highest BCUT2D eigenvalue weighted by Crippen LogP contribution is 2.41. The summed E-state index contributed by atoms with van der Waals surface area (Å²) in [6.45, 7) is 6.23. The largest absolute Gasteiger partial charge is 0.483 e. The molecule has 1 N–H and O–H groups in total. The van der Waals surface area contributed by atoms with Crippen LogP contribution in [-0.4, -0.2) is 47.7 Å². The Morgan fingerprint density at radius 2 is 2.10 bits per heavy atom. The Hall–Kier alpha value is -3.34. The van der Waals surface area contributed by atoms with Crippen molar-refractivity contribution in [3.05, 3.63) is 41.9 Å². The maximum atomic E-state index is 12.3. The molecule has 162 valence electrons. The number of hydrogen-bond donors (Lipinski definition) is 1. The number of carbonyl (C=O) groups excluding carboxylic acids is 1. The summed E-state index contributed by atoms with van der Waals surface area (Å²) in [6, 6.07) is 7.90. The number of benzene rings is 1. The maximum Gasteiger partial charge on any atom is 0.257 e. The van der Waals surface area contributed by atoms with Crippen molar-refractivity contribution in [3.8, 4) is 17.6 Å². The van der Waals surface area contributed by atoms with Crippen LogP contribution in [0.25, 0.3) is 0 Å². The Kier molecular flexibility index (Phi) is 5.94. The van der Waals surface area contributed by atoms with Crippen LogP contribution in [-0.2, 0) is 11.2 Å². The lowest BCUT2D eigenvalue weighted by atomic mass is 9.96. The van der Waals surface area contributed by atoms with E-state index in [-0.39, 0.29) is 18.1 Å². The molecule has 0 spiro atoms. The smallest absolute Gasteiger partial charge is 0.257 e. The van der Waals surface area contributed by atoms with E-state index < -0.39 is 0 Å². The molecule has 1 amide bonds. The topological polar surface area (TPSA) is 100 Å². The third-order valence-corrected chi connectivity index (χ3v) is 5.70. The number of nitrogens with one attached hydrogen (secondary N) is 1. The first kappa shape index (κ1) is 20.9. The first-order valence-electron chi connectivity index (χ1n) is 10.6. The van der Waals surface area contributed by atoms with Crippen molar-refractivity contribution in [2.45, 2.75) is 38.7 Å². The van der Waals surface area contributed by atoms with Gasteiger partial charge in [0, 0.05) is 44.0 Å². The summed E-state index contributed by atoms with van der Waals surface area (Å²) in [5, 5.41) is 12.2. The first-order valence-corrected chi connectivity index (χ1v) is 10.6. The third kappa shape index (κ3) is 4.88. The molecule has 1 aromatic carbocycles. The molecule has 0 saturated carbocycles. The van der Waals surface area contributed by atoms with Crippen LogP contribution in [0.5, 0.6) is 11.5 Å². The SMILES string of the molecule is CC1(C)Cc2cccc(OCC(=O)NCC3CCN(c4nccnc4C#N)CC3)c2O1. The van der Waals surface area contributed by atoms with Gasteiger partial charge in [0.15, 0.2) is 29.6 Å². The van der Waals surface area contributed by atoms with Gasteiger partial charge in [-0.1, -0.05) is 12.1 Å². The summed E-state index contributed by atoms with van der Waals surface area (Å²) in [4.78, 5) is 22.8. The number of carbonyl (C=O) groups is 1. The van der Waals surface area contributed by atoms with Gasteiger partial charge in [0.2, 0.25) is 0 Å². The predicted octanol–water partition coefficient (Wildman–Crippen LogP) is 2.47. The third-order valence-electron chi connectivity index (χ3n) is 5.70. The van der Waals surface area contributed by atoms with Crippen LogP contribution < -0.4 is 19.7 Å². The van der Waals surface area contributed by atoms with Crippen LogP contribution in [0.2, 0.25) is 0 Å². The zero-order valence-corrected chi connectivity index (χ0v) is 17.9. The maximum absolute atomic E-state index is 12.3. The monoisotopic (exact) mass is 421 g/mol. The van der Waals surface area contributed by atoms with E-state index >= 15 is 0 Å². The minimum atomic E-state index is -0.252. The number of ether oxygens (including phenoxy) is 2. The average molecular weight is 422 g/mol. The Bertz CT molecular complexity index is 993. The number of para-hydroxylation sites is 1. The van der Waals surface area contributed by atoms with Gasteiger partial charge in [-0.3, -0.25) is 4.79 Å². The molecule has 8 heteroatoms. The molecule has 31 heavy (non-hydrogen) atoms. The highest BCUT2D eigenvalue weighted by molar-refractivity contribution is 5.77. The van der Waals surface area contributed by atoms with Gasteiger partial charge in [-0.25, -0.2) is 9.97 Å². The number of piperidine rings is 1. The molecule has 4 rings (SSSR count).